The molecule has 0 aromatic carbocycles. The molecule has 2 aliphatic rings. The number of allylic oxidation sites excluding steroid dienone is 1. The standard InChI is InChI=1S/C15H27NO/c1-11(2)13-9-15(10-13)5-7-16(8-6-15)14(17)12(3)4/h11,13,17H,5-10H2,1-4H3. The summed E-state index contributed by atoms with van der Waals surface area (Å²) in [6, 6.07) is 0. The normalized spacial score (nSPS) is 23.9. The Morgan fingerprint density at radius 3 is 2.12 bits per heavy atom. The molecule has 0 amide bonds. The Morgan fingerprint density at radius 2 is 1.71 bits per heavy atom. The Labute approximate surface area is 106 Å². The fourth-order valence-corrected chi connectivity index (χ4v) is 3.44. The number of hydrogen-bond acceptors (Lipinski definition) is 2. The van der Waals surface area contributed by atoms with Gasteiger partial charge >= 0.3 is 0 Å². The van der Waals surface area contributed by atoms with Crippen LogP contribution < -0.4 is 0 Å². The summed E-state index contributed by atoms with van der Waals surface area (Å²) in [5, 5.41) is 9.96. The number of aliphatic hydroxyl groups is 1. The van der Waals surface area contributed by atoms with Crippen LogP contribution in [0.1, 0.15) is 53.4 Å². The van der Waals surface area contributed by atoms with Crippen molar-refractivity contribution in [3.8, 4) is 0 Å². The van der Waals surface area contributed by atoms with E-state index in [0.29, 0.717) is 11.3 Å². The molecular formula is C15H27NO. The Bertz CT molecular complexity index is 299. The van der Waals surface area contributed by atoms with Crippen molar-refractivity contribution in [1.82, 2.24) is 4.90 Å². The number of aliphatic hydroxyl groups excluding tert-OH is 1. The van der Waals surface area contributed by atoms with E-state index in [0.717, 1.165) is 30.5 Å². The second-order valence-corrected chi connectivity index (χ2v) is 6.72. The van der Waals surface area contributed by atoms with E-state index in [-0.39, 0.29) is 0 Å². The molecule has 1 saturated heterocycles. The van der Waals surface area contributed by atoms with E-state index in [1.165, 1.54) is 25.7 Å². The van der Waals surface area contributed by atoms with Crippen LogP contribution in [0.15, 0.2) is 11.5 Å². The minimum atomic E-state index is 0.514. The molecule has 1 N–H and O–H groups in total. The van der Waals surface area contributed by atoms with Crippen LogP contribution >= 0.6 is 0 Å². The Morgan fingerprint density at radius 1 is 1.18 bits per heavy atom. The van der Waals surface area contributed by atoms with E-state index in [2.05, 4.69) is 18.7 Å². The highest BCUT2D eigenvalue weighted by Gasteiger charge is 2.46. The lowest BCUT2D eigenvalue weighted by Gasteiger charge is -2.54. The summed E-state index contributed by atoms with van der Waals surface area (Å²) in [6.07, 6.45) is 5.39. The van der Waals surface area contributed by atoms with Gasteiger partial charge in [0.2, 0.25) is 0 Å². The van der Waals surface area contributed by atoms with Gasteiger partial charge in [0.25, 0.3) is 0 Å². The number of rotatable bonds is 2. The molecule has 2 fully saturated rings. The molecule has 2 rings (SSSR count). The molecule has 0 unspecified atom stereocenters. The molecule has 17 heavy (non-hydrogen) atoms. The van der Waals surface area contributed by atoms with Gasteiger partial charge in [0, 0.05) is 13.1 Å². The van der Waals surface area contributed by atoms with Crippen LogP contribution in [0.3, 0.4) is 0 Å². The summed E-state index contributed by atoms with van der Waals surface area (Å²) < 4.78 is 0. The zero-order chi connectivity index (χ0) is 12.6. The number of nitrogens with zero attached hydrogens (tertiary/aromatic N) is 1. The van der Waals surface area contributed by atoms with Crippen LogP contribution in [0.5, 0.6) is 0 Å². The van der Waals surface area contributed by atoms with Crippen LogP contribution in [0.25, 0.3) is 0 Å². The van der Waals surface area contributed by atoms with Crippen molar-refractivity contribution >= 4 is 0 Å². The molecule has 0 radical (unpaired) electrons. The third-order valence-corrected chi connectivity index (χ3v) is 4.90. The van der Waals surface area contributed by atoms with E-state index in [1.807, 2.05) is 13.8 Å². The van der Waals surface area contributed by atoms with Crippen molar-refractivity contribution in [2.45, 2.75) is 53.4 Å². The van der Waals surface area contributed by atoms with E-state index in [4.69, 9.17) is 0 Å². The average Bonchev–Trinajstić information content (AvgIpc) is 2.24. The second kappa shape index (κ2) is 4.55. The van der Waals surface area contributed by atoms with Crippen molar-refractivity contribution in [3.63, 3.8) is 0 Å². The molecule has 1 heterocycles. The SMILES string of the molecule is CC(C)=C(O)N1CCC2(CC1)CC(C(C)C)C2. The molecule has 1 aliphatic heterocycles. The van der Waals surface area contributed by atoms with Gasteiger partial charge in [-0.15, -0.1) is 0 Å². The number of likely N-dealkylation sites (tertiary alicyclic amines) is 1. The van der Waals surface area contributed by atoms with Gasteiger partial charge in [0.05, 0.1) is 0 Å². The smallest absolute Gasteiger partial charge is 0.185 e. The number of piperidine rings is 1. The molecule has 2 heteroatoms. The highest BCUT2D eigenvalue weighted by molar-refractivity contribution is 5.05. The van der Waals surface area contributed by atoms with Crippen LogP contribution in [0.4, 0.5) is 0 Å². The van der Waals surface area contributed by atoms with Gasteiger partial charge in [0.15, 0.2) is 5.88 Å². The third kappa shape index (κ3) is 2.46. The monoisotopic (exact) mass is 237 g/mol. The summed E-state index contributed by atoms with van der Waals surface area (Å²) in [5.74, 6) is 2.32. The Hall–Kier alpha value is -0.660. The van der Waals surface area contributed by atoms with Gasteiger partial charge in [-0.2, -0.15) is 0 Å². The van der Waals surface area contributed by atoms with Crippen molar-refractivity contribution in [1.29, 1.82) is 0 Å². The zero-order valence-corrected chi connectivity index (χ0v) is 11.8. The Kier molecular flexibility index (Phi) is 3.42. The first-order valence-electron chi connectivity index (χ1n) is 7.05. The van der Waals surface area contributed by atoms with Crippen molar-refractivity contribution in [2.24, 2.45) is 17.3 Å². The molecular weight excluding hydrogens is 210 g/mol. The highest BCUT2D eigenvalue weighted by atomic mass is 16.3. The molecule has 0 atom stereocenters. The lowest BCUT2D eigenvalue weighted by Crippen LogP contribution is -2.48. The first-order chi connectivity index (χ1) is 7.93. The summed E-state index contributed by atoms with van der Waals surface area (Å²) in [4.78, 5) is 2.16. The molecule has 2 nitrogen and oxygen atoms in total. The summed E-state index contributed by atoms with van der Waals surface area (Å²) in [7, 11) is 0. The molecule has 1 aliphatic carbocycles. The minimum absolute atomic E-state index is 0.514. The van der Waals surface area contributed by atoms with E-state index in [9.17, 15) is 5.11 Å². The first kappa shape index (κ1) is 12.8. The van der Waals surface area contributed by atoms with Crippen molar-refractivity contribution in [3.05, 3.63) is 11.5 Å². The lowest BCUT2D eigenvalue weighted by atomic mass is 9.55. The van der Waals surface area contributed by atoms with Crippen LogP contribution in [0, 0.1) is 17.3 Å². The van der Waals surface area contributed by atoms with Crippen molar-refractivity contribution < 1.29 is 5.11 Å². The Balaban J connectivity index is 1.86. The molecule has 0 aromatic rings. The molecule has 0 bridgehead atoms. The van der Waals surface area contributed by atoms with Crippen LogP contribution in [-0.4, -0.2) is 23.1 Å². The quantitative estimate of drug-likeness (QED) is 0.735. The van der Waals surface area contributed by atoms with Gasteiger partial charge < -0.3 is 10.0 Å². The summed E-state index contributed by atoms with van der Waals surface area (Å²) in [5.41, 5.74) is 1.67. The predicted molar refractivity (Wildman–Crippen MR) is 71.8 cm³/mol. The van der Waals surface area contributed by atoms with Gasteiger partial charge in [0.1, 0.15) is 0 Å². The third-order valence-electron chi connectivity index (χ3n) is 4.90. The highest BCUT2D eigenvalue weighted by Crippen LogP contribution is 2.55. The van der Waals surface area contributed by atoms with Gasteiger partial charge in [-0.3, -0.25) is 0 Å². The fourth-order valence-electron chi connectivity index (χ4n) is 3.44. The number of hydrogen-bond donors (Lipinski definition) is 1. The predicted octanol–water partition coefficient (Wildman–Crippen LogP) is 3.94. The van der Waals surface area contributed by atoms with Gasteiger partial charge in [-0.05, 0) is 62.4 Å². The molecule has 1 saturated carbocycles. The van der Waals surface area contributed by atoms with Crippen LogP contribution in [-0.2, 0) is 0 Å². The van der Waals surface area contributed by atoms with Gasteiger partial charge in [-0.1, -0.05) is 13.8 Å². The summed E-state index contributed by atoms with van der Waals surface area (Å²) in [6.45, 7) is 10.8. The first-order valence-corrected chi connectivity index (χ1v) is 7.05. The topological polar surface area (TPSA) is 23.5 Å². The zero-order valence-electron chi connectivity index (χ0n) is 11.8. The van der Waals surface area contributed by atoms with E-state index in [1.54, 1.807) is 0 Å². The molecule has 98 valence electrons. The fraction of sp³-hybridized carbons (Fsp3) is 0.867. The largest absolute Gasteiger partial charge is 0.495 e. The van der Waals surface area contributed by atoms with E-state index < -0.39 is 0 Å². The molecule has 1 spiro atoms. The van der Waals surface area contributed by atoms with E-state index >= 15 is 0 Å². The maximum absolute atomic E-state index is 9.96. The second-order valence-electron chi connectivity index (χ2n) is 6.72. The minimum Gasteiger partial charge on any atom is -0.495 e. The average molecular weight is 237 g/mol. The maximum atomic E-state index is 9.96. The molecule has 0 aromatic heterocycles. The van der Waals surface area contributed by atoms with Crippen molar-refractivity contribution in [2.75, 3.05) is 13.1 Å². The van der Waals surface area contributed by atoms with Gasteiger partial charge in [-0.25, -0.2) is 0 Å². The van der Waals surface area contributed by atoms with Crippen LogP contribution in [0.2, 0.25) is 0 Å². The summed E-state index contributed by atoms with van der Waals surface area (Å²) >= 11 is 0. The maximum Gasteiger partial charge on any atom is 0.185 e. The lowest BCUT2D eigenvalue weighted by molar-refractivity contribution is -0.0324.